The van der Waals surface area contributed by atoms with Crippen molar-refractivity contribution >= 4 is 35.5 Å². The van der Waals surface area contributed by atoms with Gasteiger partial charge in [-0.25, -0.2) is 4.79 Å². The zero-order chi connectivity index (χ0) is 19.5. The number of carbonyl (C=O) groups is 4. The molecule has 26 heavy (non-hydrogen) atoms. The van der Waals surface area contributed by atoms with Crippen LogP contribution in [0.15, 0.2) is 0 Å². The molecule has 0 aliphatic carbocycles. The number of hydrogen-bond donors (Lipinski definition) is 5. The maximum atomic E-state index is 12.5. The maximum absolute atomic E-state index is 12.5. The summed E-state index contributed by atoms with van der Waals surface area (Å²) >= 11 is 1.52. The molecule has 1 heterocycles. The zero-order valence-electron chi connectivity index (χ0n) is 15.0. The Morgan fingerprint density at radius 1 is 1.27 bits per heavy atom. The standard InChI is InChI=1S/C16H28N4O5S/c1-26-9-7-11(19-14(22)10-5-6-13(21)18-10)15(23)20-12(16(24)25)4-2-3-8-17/h10-12H,2-9,17H2,1H3,(H,18,21)(H,19,22)(H,20,23)(H,24,25). The predicted octanol–water partition coefficient (Wildman–Crippen LogP) is -0.799. The maximum Gasteiger partial charge on any atom is 0.326 e. The lowest BCUT2D eigenvalue weighted by atomic mass is 10.1. The van der Waals surface area contributed by atoms with Gasteiger partial charge in [0.15, 0.2) is 0 Å². The Hall–Kier alpha value is -1.81. The SMILES string of the molecule is CSCCC(NC(=O)C1CCC(=O)N1)C(=O)NC(CCCCN)C(=O)O. The van der Waals surface area contributed by atoms with Crippen molar-refractivity contribution in [3.8, 4) is 0 Å². The van der Waals surface area contributed by atoms with Crippen molar-refractivity contribution in [1.82, 2.24) is 16.0 Å². The van der Waals surface area contributed by atoms with Gasteiger partial charge in [-0.3, -0.25) is 14.4 Å². The lowest BCUT2D eigenvalue weighted by Crippen LogP contribution is -2.54. The van der Waals surface area contributed by atoms with Crippen molar-refractivity contribution < 1.29 is 24.3 Å². The Morgan fingerprint density at radius 2 is 2.00 bits per heavy atom. The molecule has 0 aromatic rings. The predicted molar refractivity (Wildman–Crippen MR) is 98.6 cm³/mol. The molecule has 9 nitrogen and oxygen atoms in total. The second-order valence-electron chi connectivity index (χ2n) is 6.19. The molecule has 6 N–H and O–H groups in total. The minimum Gasteiger partial charge on any atom is -0.480 e. The summed E-state index contributed by atoms with van der Waals surface area (Å²) in [6, 6.07) is -2.51. The summed E-state index contributed by atoms with van der Waals surface area (Å²) in [6.07, 6.45) is 4.45. The van der Waals surface area contributed by atoms with E-state index >= 15 is 0 Å². The van der Waals surface area contributed by atoms with E-state index in [1.165, 1.54) is 11.8 Å². The van der Waals surface area contributed by atoms with Gasteiger partial charge >= 0.3 is 5.97 Å². The number of amides is 3. The molecule has 1 rings (SSSR count). The summed E-state index contributed by atoms with van der Waals surface area (Å²) in [5.74, 6) is -1.64. The molecule has 1 aliphatic heterocycles. The van der Waals surface area contributed by atoms with Crippen LogP contribution in [0.3, 0.4) is 0 Å². The minimum absolute atomic E-state index is 0.193. The molecule has 0 aromatic carbocycles. The zero-order valence-corrected chi connectivity index (χ0v) is 15.8. The number of nitrogens with two attached hydrogens (primary N) is 1. The highest BCUT2D eigenvalue weighted by Gasteiger charge is 2.31. The first-order chi connectivity index (χ1) is 12.4. The van der Waals surface area contributed by atoms with Crippen LogP contribution in [0.25, 0.3) is 0 Å². The second kappa shape index (κ2) is 11.7. The first kappa shape index (κ1) is 22.2. The third-order valence-corrected chi connectivity index (χ3v) is 4.76. The Labute approximate surface area is 157 Å². The first-order valence-corrected chi connectivity index (χ1v) is 10.1. The molecule has 3 unspecified atom stereocenters. The fourth-order valence-electron chi connectivity index (χ4n) is 2.61. The van der Waals surface area contributed by atoms with Crippen molar-refractivity contribution in [2.75, 3.05) is 18.6 Å². The van der Waals surface area contributed by atoms with E-state index in [9.17, 15) is 24.3 Å². The van der Waals surface area contributed by atoms with Gasteiger partial charge in [-0.2, -0.15) is 11.8 Å². The van der Waals surface area contributed by atoms with Crippen molar-refractivity contribution in [2.24, 2.45) is 5.73 Å². The highest BCUT2D eigenvalue weighted by atomic mass is 32.2. The molecule has 0 bridgehead atoms. The Morgan fingerprint density at radius 3 is 2.54 bits per heavy atom. The highest BCUT2D eigenvalue weighted by Crippen LogP contribution is 2.09. The van der Waals surface area contributed by atoms with Gasteiger partial charge in [0, 0.05) is 6.42 Å². The fourth-order valence-corrected chi connectivity index (χ4v) is 3.08. The first-order valence-electron chi connectivity index (χ1n) is 8.71. The highest BCUT2D eigenvalue weighted by molar-refractivity contribution is 7.98. The van der Waals surface area contributed by atoms with Crippen LogP contribution in [0.2, 0.25) is 0 Å². The van der Waals surface area contributed by atoms with Crippen LogP contribution in [0.4, 0.5) is 0 Å². The van der Waals surface area contributed by atoms with Crippen molar-refractivity contribution in [3.05, 3.63) is 0 Å². The average molecular weight is 388 g/mol. The normalized spacial score (nSPS) is 18.7. The molecular weight excluding hydrogens is 360 g/mol. The van der Waals surface area contributed by atoms with Crippen LogP contribution in [-0.4, -0.2) is 65.5 Å². The van der Waals surface area contributed by atoms with Crippen LogP contribution >= 0.6 is 11.8 Å². The van der Waals surface area contributed by atoms with Crippen LogP contribution in [0.1, 0.15) is 38.5 Å². The average Bonchev–Trinajstić information content (AvgIpc) is 3.03. The molecule has 0 aromatic heterocycles. The summed E-state index contributed by atoms with van der Waals surface area (Å²) < 4.78 is 0. The molecule has 148 valence electrons. The van der Waals surface area contributed by atoms with Gasteiger partial charge in [-0.1, -0.05) is 0 Å². The number of unbranched alkanes of at least 4 members (excludes halogenated alkanes) is 1. The van der Waals surface area contributed by atoms with Gasteiger partial charge in [-0.15, -0.1) is 0 Å². The van der Waals surface area contributed by atoms with E-state index in [-0.39, 0.29) is 18.7 Å². The Balaban J connectivity index is 2.66. The number of thioether (sulfide) groups is 1. The number of nitrogens with one attached hydrogen (secondary N) is 3. The number of carbonyl (C=O) groups excluding carboxylic acids is 3. The van der Waals surface area contributed by atoms with Crippen molar-refractivity contribution in [3.63, 3.8) is 0 Å². The topological polar surface area (TPSA) is 151 Å². The van der Waals surface area contributed by atoms with Crippen LogP contribution in [0, 0.1) is 0 Å². The van der Waals surface area contributed by atoms with Gasteiger partial charge in [0.2, 0.25) is 17.7 Å². The van der Waals surface area contributed by atoms with Crippen LogP contribution in [-0.2, 0) is 19.2 Å². The fraction of sp³-hybridized carbons (Fsp3) is 0.750. The van der Waals surface area contributed by atoms with E-state index in [0.717, 1.165) is 0 Å². The van der Waals surface area contributed by atoms with Crippen molar-refractivity contribution in [2.45, 2.75) is 56.7 Å². The monoisotopic (exact) mass is 388 g/mol. The molecular formula is C16H28N4O5S. The van der Waals surface area contributed by atoms with E-state index in [4.69, 9.17) is 5.73 Å². The van der Waals surface area contributed by atoms with E-state index in [1.54, 1.807) is 0 Å². The Bertz CT molecular complexity index is 517. The smallest absolute Gasteiger partial charge is 0.326 e. The van der Waals surface area contributed by atoms with Gasteiger partial charge in [0.25, 0.3) is 0 Å². The quantitative estimate of drug-likeness (QED) is 0.275. The van der Waals surface area contributed by atoms with Gasteiger partial charge in [0.05, 0.1) is 0 Å². The lowest BCUT2D eigenvalue weighted by molar-refractivity contribution is -0.142. The number of aliphatic carboxylic acids is 1. The molecule has 1 fully saturated rings. The summed E-state index contributed by atoms with van der Waals surface area (Å²) in [5, 5.41) is 17.0. The van der Waals surface area contributed by atoms with E-state index in [0.29, 0.717) is 38.0 Å². The molecule has 1 saturated heterocycles. The van der Waals surface area contributed by atoms with E-state index in [1.807, 2.05) is 6.26 Å². The van der Waals surface area contributed by atoms with Gasteiger partial charge < -0.3 is 26.8 Å². The van der Waals surface area contributed by atoms with E-state index in [2.05, 4.69) is 16.0 Å². The largest absolute Gasteiger partial charge is 0.480 e. The van der Waals surface area contributed by atoms with Crippen molar-refractivity contribution in [1.29, 1.82) is 0 Å². The molecule has 3 amide bonds. The summed E-state index contributed by atoms with van der Waals surface area (Å²) in [6.45, 7) is 0.458. The molecule has 0 spiro atoms. The molecule has 0 radical (unpaired) electrons. The number of carboxylic acid groups (broad SMARTS) is 1. The number of hydrogen-bond acceptors (Lipinski definition) is 6. The van der Waals surface area contributed by atoms with Crippen LogP contribution in [0.5, 0.6) is 0 Å². The van der Waals surface area contributed by atoms with Crippen LogP contribution < -0.4 is 21.7 Å². The molecule has 1 aliphatic rings. The number of carboxylic acids is 1. The number of rotatable bonds is 12. The summed E-state index contributed by atoms with van der Waals surface area (Å²) in [4.78, 5) is 47.4. The minimum atomic E-state index is -1.12. The van der Waals surface area contributed by atoms with Gasteiger partial charge in [0.1, 0.15) is 18.1 Å². The molecule has 0 saturated carbocycles. The summed E-state index contributed by atoms with van der Waals surface area (Å²) in [7, 11) is 0. The molecule has 10 heteroatoms. The lowest BCUT2D eigenvalue weighted by Gasteiger charge is -2.22. The molecule has 3 atom stereocenters. The van der Waals surface area contributed by atoms with E-state index < -0.39 is 35.9 Å². The van der Waals surface area contributed by atoms with Gasteiger partial charge in [-0.05, 0) is 50.7 Å². The second-order valence-corrected chi connectivity index (χ2v) is 7.17. The summed E-state index contributed by atoms with van der Waals surface area (Å²) in [5.41, 5.74) is 5.41. The third-order valence-electron chi connectivity index (χ3n) is 4.12. The third kappa shape index (κ3) is 7.61. The Kier molecular flexibility index (Phi) is 10.0.